The van der Waals surface area contributed by atoms with Crippen LogP contribution in [0, 0.1) is 17.5 Å². The van der Waals surface area contributed by atoms with Gasteiger partial charge in [-0.25, -0.2) is 13.2 Å². The summed E-state index contributed by atoms with van der Waals surface area (Å²) in [6.07, 6.45) is 0. The van der Waals surface area contributed by atoms with Crippen LogP contribution >= 0.6 is 15.9 Å². The van der Waals surface area contributed by atoms with Crippen LogP contribution in [-0.4, -0.2) is 17.9 Å². The van der Waals surface area contributed by atoms with E-state index < -0.39 is 23.4 Å². The normalized spacial score (nSPS) is 10.5. The number of carbonyl (C=O) groups is 1. The van der Waals surface area contributed by atoms with E-state index in [1.807, 2.05) is 0 Å². The Hall–Kier alpha value is -1.82. The predicted octanol–water partition coefficient (Wildman–Crippen LogP) is 4.14. The molecule has 2 aromatic rings. The van der Waals surface area contributed by atoms with Crippen LogP contribution in [0.5, 0.6) is 0 Å². The smallest absolute Gasteiger partial charge is 0.258 e. The molecule has 0 aliphatic heterocycles. The van der Waals surface area contributed by atoms with E-state index in [0.29, 0.717) is 10.0 Å². The third kappa shape index (κ3) is 3.44. The van der Waals surface area contributed by atoms with Gasteiger partial charge in [0.2, 0.25) is 0 Å². The lowest BCUT2D eigenvalue weighted by molar-refractivity contribution is 0.0779. The zero-order chi connectivity index (χ0) is 15.6. The largest absolute Gasteiger partial charge is 0.337 e. The van der Waals surface area contributed by atoms with Crippen molar-refractivity contribution in [2.45, 2.75) is 6.54 Å². The quantitative estimate of drug-likeness (QED) is 0.808. The third-order valence-electron chi connectivity index (χ3n) is 2.93. The van der Waals surface area contributed by atoms with Crippen molar-refractivity contribution in [3.8, 4) is 0 Å². The molecule has 110 valence electrons. The van der Waals surface area contributed by atoms with Crippen LogP contribution in [0.3, 0.4) is 0 Å². The number of rotatable bonds is 3. The summed E-state index contributed by atoms with van der Waals surface area (Å²) in [7, 11) is 1.46. The highest BCUT2D eigenvalue weighted by Gasteiger charge is 2.19. The molecule has 0 radical (unpaired) electrons. The molecule has 0 saturated heterocycles. The Morgan fingerprint density at radius 2 is 1.81 bits per heavy atom. The fourth-order valence-electron chi connectivity index (χ4n) is 1.88. The maximum Gasteiger partial charge on any atom is 0.258 e. The average Bonchev–Trinajstić information content (AvgIpc) is 2.42. The van der Waals surface area contributed by atoms with Gasteiger partial charge in [0.05, 0.1) is 5.56 Å². The van der Waals surface area contributed by atoms with E-state index in [9.17, 15) is 18.0 Å². The molecule has 0 fully saturated rings. The zero-order valence-corrected chi connectivity index (χ0v) is 12.6. The molecule has 0 heterocycles. The summed E-state index contributed by atoms with van der Waals surface area (Å²) in [6.45, 7) is 0.0385. The first-order valence-corrected chi connectivity index (χ1v) is 6.83. The molecule has 0 saturated carbocycles. The molecule has 0 atom stereocenters. The molecule has 2 rings (SSSR count). The van der Waals surface area contributed by atoms with Gasteiger partial charge in [-0.15, -0.1) is 0 Å². The highest BCUT2D eigenvalue weighted by molar-refractivity contribution is 9.10. The summed E-state index contributed by atoms with van der Waals surface area (Å²) in [5, 5.41) is 0. The van der Waals surface area contributed by atoms with Gasteiger partial charge in [0.1, 0.15) is 5.82 Å². The van der Waals surface area contributed by atoms with Crippen molar-refractivity contribution in [1.29, 1.82) is 0 Å². The van der Waals surface area contributed by atoms with Crippen LogP contribution in [0.2, 0.25) is 0 Å². The van der Waals surface area contributed by atoms with E-state index in [1.54, 1.807) is 6.07 Å². The molecule has 2 nitrogen and oxygen atoms in total. The first-order valence-electron chi connectivity index (χ1n) is 6.03. The Morgan fingerprint density at radius 3 is 2.43 bits per heavy atom. The predicted molar refractivity (Wildman–Crippen MR) is 76.3 cm³/mol. The van der Waals surface area contributed by atoms with Crippen LogP contribution in [0.15, 0.2) is 40.9 Å². The number of hydrogen-bond acceptors (Lipinski definition) is 1. The molecule has 0 aromatic heterocycles. The Morgan fingerprint density at radius 1 is 1.10 bits per heavy atom. The lowest BCUT2D eigenvalue weighted by atomic mass is 10.1. The van der Waals surface area contributed by atoms with Gasteiger partial charge in [-0.05, 0) is 45.8 Å². The first kappa shape index (κ1) is 15.6. The highest BCUT2D eigenvalue weighted by atomic mass is 79.9. The number of halogens is 4. The first-order chi connectivity index (χ1) is 9.90. The second kappa shape index (κ2) is 6.30. The number of benzene rings is 2. The fourth-order valence-corrected chi connectivity index (χ4v) is 2.39. The molecular weight excluding hydrogens is 347 g/mol. The van der Waals surface area contributed by atoms with Crippen molar-refractivity contribution < 1.29 is 18.0 Å². The monoisotopic (exact) mass is 357 g/mol. The molecule has 0 aliphatic carbocycles. The molecule has 0 bridgehead atoms. The van der Waals surface area contributed by atoms with Crippen molar-refractivity contribution >= 4 is 21.8 Å². The number of hydrogen-bond donors (Lipinski definition) is 0. The zero-order valence-electron chi connectivity index (χ0n) is 11.0. The van der Waals surface area contributed by atoms with Crippen molar-refractivity contribution in [3.63, 3.8) is 0 Å². The summed E-state index contributed by atoms with van der Waals surface area (Å²) in [6, 6.07) is 7.59. The van der Waals surface area contributed by atoms with Gasteiger partial charge < -0.3 is 4.90 Å². The Balaban J connectivity index is 2.21. The minimum absolute atomic E-state index is 0.0385. The van der Waals surface area contributed by atoms with Crippen molar-refractivity contribution in [2.24, 2.45) is 0 Å². The van der Waals surface area contributed by atoms with E-state index in [1.165, 1.54) is 30.1 Å². The second-order valence-corrected chi connectivity index (χ2v) is 5.36. The summed E-state index contributed by atoms with van der Waals surface area (Å²) in [5.41, 5.74) is 0.319. The Kier molecular flexibility index (Phi) is 4.67. The molecule has 21 heavy (non-hydrogen) atoms. The molecule has 0 aliphatic rings. The van der Waals surface area contributed by atoms with Gasteiger partial charge in [-0.2, -0.15) is 0 Å². The van der Waals surface area contributed by atoms with Crippen LogP contribution in [0.1, 0.15) is 15.9 Å². The molecular formula is C15H11BrF3NO. The van der Waals surface area contributed by atoms with Crippen molar-refractivity contribution in [3.05, 3.63) is 69.4 Å². The van der Waals surface area contributed by atoms with E-state index >= 15 is 0 Å². The van der Waals surface area contributed by atoms with Crippen molar-refractivity contribution in [1.82, 2.24) is 4.90 Å². The molecule has 0 N–H and O–H groups in total. The minimum atomic E-state index is -0.986. The summed E-state index contributed by atoms with van der Waals surface area (Å²) >= 11 is 3.13. The van der Waals surface area contributed by atoms with E-state index in [0.717, 1.165) is 12.1 Å². The minimum Gasteiger partial charge on any atom is -0.337 e. The maximum atomic E-state index is 13.7. The molecule has 0 unspecified atom stereocenters. The lowest BCUT2D eigenvalue weighted by Gasteiger charge is -2.18. The summed E-state index contributed by atoms with van der Waals surface area (Å²) in [4.78, 5) is 13.5. The van der Waals surface area contributed by atoms with E-state index in [-0.39, 0.29) is 12.1 Å². The van der Waals surface area contributed by atoms with Crippen LogP contribution in [0.25, 0.3) is 0 Å². The Bertz CT molecular complexity index is 670. The maximum absolute atomic E-state index is 13.7. The van der Waals surface area contributed by atoms with Crippen LogP contribution in [-0.2, 0) is 6.54 Å². The van der Waals surface area contributed by atoms with Gasteiger partial charge >= 0.3 is 0 Å². The fraction of sp³-hybridized carbons (Fsp3) is 0.133. The Labute approximate surface area is 128 Å². The van der Waals surface area contributed by atoms with Gasteiger partial charge in [0.25, 0.3) is 5.91 Å². The SMILES string of the molecule is CN(Cc1ccc(F)c(F)c1)C(=O)c1c(F)cccc1Br. The lowest BCUT2D eigenvalue weighted by Crippen LogP contribution is -2.27. The molecule has 6 heteroatoms. The third-order valence-corrected chi connectivity index (χ3v) is 3.59. The van der Waals surface area contributed by atoms with Gasteiger partial charge in [-0.3, -0.25) is 4.79 Å². The molecule has 1 amide bonds. The van der Waals surface area contributed by atoms with Crippen LogP contribution in [0.4, 0.5) is 13.2 Å². The second-order valence-electron chi connectivity index (χ2n) is 4.51. The molecule has 2 aromatic carbocycles. The van der Waals surface area contributed by atoms with E-state index in [2.05, 4.69) is 15.9 Å². The summed E-state index contributed by atoms with van der Waals surface area (Å²) in [5.74, 6) is -3.14. The number of amides is 1. The van der Waals surface area contributed by atoms with Gasteiger partial charge in [0.15, 0.2) is 11.6 Å². The number of carbonyl (C=O) groups excluding carboxylic acids is 1. The number of nitrogens with zero attached hydrogens (tertiary/aromatic N) is 1. The van der Waals surface area contributed by atoms with Gasteiger partial charge in [0, 0.05) is 18.1 Å². The topological polar surface area (TPSA) is 20.3 Å². The van der Waals surface area contributed by atoms with Gasteiger partial charge in [-0.1, -0.05) is 12.1 Å². The van der Waals surface area contributed by atoms with Crippen LogP contribution < -0.4 is 0 Å². The highest BCUT2D eigenvalue weighted by Crippen LogP contribution is 2.22. The van der Waals surface area contributed by atoms with Crippen molar-refractivity contribution in [2.75, 3.05) is 7.05 Å². The standard InChI is InChI=1S/C15H11BrF3NO/c1-20(8-9-5-6-11(17)13(19)7-9)15(21)14-10(16)3-2-4-12(14)18/h2-7H,8H2,1H3. The average molecular weight is 358 g/mol. The summed E-state index contributed by atoms with van der Waals surface area (Å²) < 4.78 is 40.1. The van der Waals surface area contributed by atoms with E-state index in [4.69, 9.17) is 0 Å². The molecule has 0 spiro atoms.